The van der Waals surface area contributed by atoms with Gasteiger partial charge >= 0.3 is 0 Å². The van der Waals surface area contributed by atoms with Crippen LogP contribution < -0.4 is 0 Å². The van der Waals surface area contributed by atoms with Crippen molar-refractivity contribution >= 4 is 0 Å². The Morgan fingerprint density at radius 3 is 3.00 bits per heavy atom. The van der Waals surface area contributed by atoms with Crippen molar-refractivity contribution in [1.82, 2.24) is 9.88 Å². The number of rotatable bonds is 5. The highest BCUT2D eigenvalue weighted by Crippen LogP contribution is 2.32. The third kappa shape index (κ3) is 3.32. The molecule has 23 heavy (non-hydrogen) atoms. The summed E-state index contributed by atoms with van der Waals surface area (Å²) in [6, 6.07) is 8.39. The maximum atomic E-state index is 6.18. The van der Waals surface area contributed by atoms with Gasteiger partial charge in [0.25, 0.3) is 0 Å². The molecule has 0 N–H and O–H groups in total. The minimum atomic E-state index is 0.114. The van der Waals surface area contributed by atoms with E-state index in [1.54, 1.807) is 18.7 Å². The van der Waals surface area contributed by atoms with Gasteiger partial charge in [0.05, 0.1) is 25.5 Å². The first kappa shape index (κ1) is 14.9. The molecule has 2 aliphatic rings. The number of pyridine rings is 1. The lowest BCUT2D eigenvalue weighted by Crippen LogP contribution is -2.41. The van der Waals surface area contributed by atoms with Gasteiger partial charge in [0, 0.05) is 31.6 Å². The second kappa shape index (κ2) is 6.83. The van der Waals surface area contributed by atoms with Crippen LogP contribution in [0.3, 0.4) is 0 Å². The van der Waals surface area contributed by atoms with Crippen LogP contribution in [-0.4, -0.2) is 41.3 Å². The highest BCUT2D eigenvalue weighted by molar-refractivity contribution is 5.09. The van der Waals surface area contributed by atoms with E-state index in [4.69, 9.17) is 13.9 Å². The summed E-state index contributed by atoms with van der Waals surface area (Å²) >= 11 is 0. The molecule has 0 bridgehead atoms. The third-order valence-corrected chi connectivity index (χ3v) is 4.74. The third-order valence-electron chi connectivity index (χ3n) is 4.74. The molecule has 0 saturated carbocycles. The van der Waals surface area contributed by atoms with Crippen molar-refractivity contribution in [3.63, 3.8) is 0 Å². The summed E-state index contributed by atoms with van der Waals surface area (Å²) in [4.78, 5) is 6.49. The van der Waals surface area contributed by atoms with Crippen LogP contribution in [0.4, 0.5) is 0 Å². The van der Waals surface area contributed by atoms with Gasteiger partial charge in [-0.1, -0.05) is 0 Å². The number of hydrogen-bond donors (Lipinski definition) is 0. The minimum Gasteiger partial charge on any atom is -0.468 e. The second-order valence-corrected chi connectivity index (χ2v) is 6.26. The largest absolute Gasteiger partial charge is 0.468 e. The van der Waals surface area contributed by atoms with E-state index in [1.807, 2.05) is 24.3 Å². The number of fused-ring (bicyclic) bond motifs is 1. The zero-order chi connectivity index (χ0) is 15.5. The molecule has 122 valence electrons. The quantitative estimate of drug-likeness (QED) is 0.849. The molecule has 2 aliphatic heterocycles. The number of ether oxygens (including phenoxy) is 2. The maximum Gasteiger partial charge on any atom is 0.117 e. The Bertz CT molecular complexity index is 602. The van der Waals surface area contributed by atoms with Gasteiger partial charge < -0.3 is 13.9 Å². The van der Waals surface area contributed by atoms with Gasteiger partial charge in [-0.2, -0.15) is 0 Å². The number of hydrogen-bond acceptors (Lipinski definition) is 5. The molecular formula is C18H22N2O3. The van der Waals surface area contributed by atoms with Crippen LogP contribution in [0.25, 0.3) is 0 Å². The van der Waals surface area contributed by atoms with Crippen molar-refractivity contribution in [3.8, 4) is 0 Å². The molecule has 4 heterocycles. The van der Waals surface area contributed by atoms with Crippen LogP contribution in [0, 0.1) is 0 Å². The fourth-order valence-corrected chi connectivity index (χ4v) is 3.62. The molecule has 0 radical (unpaired) electrons. The van der Waals surface area contributed by atoms with E-state index < -0.39 is 0 Å². The van der Waals surface area contributed by atoms with Crippen LogP contribution in [0.2, 0.25) is 0 Å². The van der Waals surface area contributed by atoms with E-state index in [1.165, 1.54) is 6.42 Å². The van der Waals surface area contributed by atoms with Crippen molar-refractivity contribution in [2.45, 2.75) is 44.2 Å². The van der Waals surface area contributed by atoms with E-state index in [-0.39, 0.29) is 12.2 Å². The predicted molar refractivity (Wildman–Crippen MR) is 84.7 cm³/mol. The van der Waals surface area contributed by atoms with E-state index in [2.05, 4.69) is 9.88 Å². The molecule has 0 spiro atoms. The molecule has 0 aliphatic carbocycles. The summed E-state index contributed by atoms with van der Waals surface area (Å²) in [6.07, 6.45) is 7.90. The summed E-state index contributed by atoms with van der Waals surface area (Å²) in [5.74, 6) is 1.00. The molecule has 0 amide bonds. The summed E-state index contributed by atoms with van der Waals surface area (Å²) < 4.78 is 17.7. The van der Waals surface area contributed by atoms with Gasteiger partial charge in [-0.05, 0) is 42.7 Å². The standard InChI is InChI=1S/C18H22N2O3/c1-3-15(21-9-1)11-20-12-17(18-16(20)4-2-10-22-18)23-13-14-5-7-19-8-6-14/h1,3,5-9,16-18H,2,4,10-13H2/t16-,17+,18+/m0/s1. The summed E-state index contributed by atoms with van der Waals surface area (Å²) in [7, 11) is 0. The van der Waals surface area contributed by atoms with Gasteiger partial charge in [-0.15, -0.1) is 0 Å². The molecule has 5 nitrogen and oxygen atoms in total. The molecule has 2 fully saturated rings. The Kier molecular flexibility index (Phi) is 4.41. The second-order valence-electron chi connectivity index (χ2n) is 6.26. The Labute approximate surface area is 136 Å². The van der Waals surface area contributed by atoms with Gasteiger partial charge in [0.1, 0.15) is 11.9 Å². The lowest BCUT2D eigenvalue weighted by molar-refractivity contribution is -0.0820. The lowest BCUT2D eigenvalue weighted by Gasteiger charge is -2.32. The van der Waals surface area contributed by atoms with Crippen LogP contribution in [-0.2, 0) is 22.6 Å². The van der Waals surface area contributed by atoms with Crippen molar-refractivity contribution in [2.75, 3.05) is 13.2 Å². The predicted octanol–water partition coefficient (Wildman–Crippen LogP) is 2.62. The molecule has 2 aromatic rings. The Morgan fingerprint density at radius 2 is 2.17 bits per heavy atom. The van der Waals surface area contributed by atoms with Gasteiger partial charge in [0.2, 0.25) is 0 Å². The van der Waals surface area contributed by atoms with Crippen molar-refractivity contribution in [1.29, 1.82) is 0 Å². The molecule has 3 atom stereocenters. The molecule has 0 aromatic carbocycles. The van der Waals surface area contributed by atoms with Crippen LogP contribution in [0.5, 0.6) is 0 Å². The number of likely N-dealkylation sites (tertiary alicyclic amines) is 1. The number of nitrogens with zero attached hydrogens (tertiary/aromatic N) is 2. The Balaban J connectivity index is 1.42. The Hall–Kier alpha value is -1.69. The van der Waals surface area contributed by atoms with E-state index in [0.29, 0.717) is 12.6 Å². The highest BCUT2D eigenvalue weighted by Gasteiger charge is 2.44. The van der Waals surface area contributed by atoms with Gasteiger partial charge in [-0.25, -0.2) is 0 Å². The zero-order valence-corrected chi connectivity index (χ0v) is 13.1. The fourth-order valence-electron chi connectivity index (χ4n) is 3.62. The van der Waals surface area contributed by atoms with E-state index >= 15 is 0 Å². The highest BCUT2D eigenvalue weighted by atomic mass is 16.5. The SMILES string of the molecule is c1coc(CN2C[C@@H](OCc3ccncc3)[C@@H]3OCCC[C@@H]32)c1. The van der Waals surface area contributed by atoms with Crippen molar-refractivity contribution in [3.05, 3.63) is 54.2 Å². The average molecular weight is 314 g/mol. The molecule has 5 heteroatoms. The minimum absolute atomic E-state index is 0.114. The molecular weight excluding hydrogens is 292 g/mol. The maximum absolute atomic E-state index is 6.18. The van der Waals surface area contributed by atoms with E-state index in [9.17, 15) is 0 Å². The first-order valence-electron chi connectivity index (χ1n) is 8.29. The molecule has 4 rings (SSSR count). The lowest BCUT2D eigenvalue weighted by atomic mass is 10.0. The smallest absolute Gasteiger partial charge is 0.117 e. The van der Waals surface area contributed by atoms with Crippen LogP contribution in [0.1, 0.15) is 24.2 Å². The number of aromatic nitrogens is 1. The topological polar surface area (TPSA) is 47.7 Å². The first-order valence-corrected chi connectivity index (χ1v) is 8.29. The van der Waals surface area contributed by atoms with E-state index in [0.717, 1.165) is 37.4 Å². The average Bonchev–Trinajstić information content (AvgIpc) is 3.23. The number of furan rings is 1. The first-order chi connectivity index (χ1) is 11.4. The summed E-state index contributed by atoms with van der Waals surface area (Å²) in [5.41, 5.74) is 1.15. The van der Waals surface area contributed by atoms with Crippen LogP contribution >= 0.6 is 0 Å². The van der Waals surface area contributed by atoms with Crippen LogP contribution in [0.15, 0.2) is 47.3 Å². The summed E-state index contributed by atoms with van der Waals surface area (Å²) in [5, 5.41) is 0. The molecule has 2 saturated heterocycles. The monoisotopic (exact) mass is 314 g/mol. The normalized spacial score (nSPS) is 27.9. The Morgan fingerprint density at radius 1 is 1.26 bits per heavy atom. The van der Waals surface area contributed by atoms with Gasteiger partial charge in [-0.3, -0.25) is 9.88 Å². The molecule has 0 unspecified atom stereocenters. The fraction of sp³-hybridized carbons (Fsp3) is 0.500. The van der Waals surface area contributed by atoms with Gasteiger partial charge in [0.15, 0.2) is 0 Å². The zero-order valence-electron chi connectivity index (χ0n) is 13.1. The summed E-state index contributed by atoms with van der Waals surface area (Å²) in [6.45, 7) is 3.16. The molecule has 2 aromatic heterocycles. The van der Waals surface area contributed by atoms with Crippen molar-refractivity contribution in [2.24, 2.45) is 0 Å². The van der Waals surface area contributed by atoms with Crippen molar-refractivity contribution < 1.29 is 13.9 Å².